The summed E-state index contributed by atoms with van der Waals surface area (Å²) in [7, 11) is 0. The second-order valence-corrected chi connectivity index (χ2v) is 1.70. The van der Waals surface area contributed by atoms with Crippen LogP contribution in [-0.4, -0.2) is 37.0 Å². The predicted octanol–water partition coefficient (Wildman–Crippen LogP) is -4.13. The Hall–Kier alpha value is -2.08. The summed E-state index contributed by atoms with van der Waals surface area (Å²) < 4.78 is 0. The summed E-state index contributed by atoms with van der Waals surface area (Å²) in [5.41, 5.74) is -2.63. The highest BCUT2D eigenvalue weighted by Gasteiger charge is 2.06. The molecule has 0 spiro atoms. The maximum atomic E-state index is 10.6. The zero-order valence-corrected chi connectivity index (χ0v) is 7.12. The second kappa shape index (κ2) is 8.52. The molecule has 0 aliphatic rings. The van der Waals surface area contributed by atoms with Crippen LogP contribution in [0.15, 0.2) is 14.8 Å². The lowest BCUT2D eigenvalue weighted by Crippen LogP contribution is -2.20. The van der Waals surface area contributed by atoms with Crippen LogP contribution in [0.1, 0.15) is 0 Å². The third-order valence-electron chi connectivity index (χ3n) is 0.990. The van der Waals surface area contributed by atoms with Gasteiger partial charge in [0.15, 0.2) is 0 Å². The van der Waals surface area contributed by atoms with E-state index in [-0.39, 0.29) is 21.9 Å². The van der Waals surface area contributed by atoms with Gasteiger partial charge in [-0.3, -0.25) is 14.8 Å². The van der Waals surface area contributed by atoms with Crippen LogP contribution in [0.2, 0.25) is 0 Å². The van der Waals surface area contributed by atoms with Gasteiger partial charge < -0.3 is 27.0 Å². The maximum absolute atomic E-state index is 10.6. The van der Waals surface area contributed by atoms with Crippen molar-refractivity contribution in [2.24, 2.45) is 5.18 Å². The van der Waals surface area contributed by atoms with Gasteiger partial charge in [-0.05, 0) is 5.18 Å². The second-order valence-electron chi connectivity index (χ2n) is 1.70. The third kappa shape index (κ3) is 4.63. The Kier molecular flexibility index (Phi) is 13.1. The average Bonchev–Trinajstić information content (AvgIpc) is 1.85. The van der Waals surface area contributed by atoms with E-state index in [1.807, 2.05) is 0 Å². The van der Waals surface area contributed by atoms with E-state index in [0.29, 0.717) is 0 Å². The summed E-state index contributed by atoms with van der Waals surface area (Å²) in [4.78, 5) is 34.2. The fourth-order valence-electron chi connectivity index (χ4n) is 0.553. The number of hydrogen-bond donors (Lipinski definition) is 3. The zero-order chi connectivity index (χ0) is 8.43. The van der Waals surface area contributed by atoms with Gasteiger partial charge in [-0.15, -0.1) is 4.91 Å². The first-order valence-electron chi connectivity index (χ1n) is 2.54. The van der Waals surface area contributed by atoms with Crippen LogP contribution in [0.3, 0.4) is 0 Å². The smallest absolute Gasteiger partial charge is 0.328 e. The predicted molar refractivity (Wildman–Crippen MR) is 49.3 cm³/mol. The zero-order valence-electron chi connectivity index (χ0n) is 7.12. The number of aromatic hydroxyl groups is 1. The molecule has 0 radical (unpaired) electrons. The molecule has 0 aliphatic heterocycles. The lowest BCUT2D eigenvalue weighted by atomic mass is 10.5. The van der Waals surface area contributed by atoms with Gasteiger partial charge in [-0.1, -0.05) is 0 Å². The van der Waals surface area contributed by atoms with Crippen LogP contribution in [-0.2, 0) is 0 Å². The van der Waals surface area contributed by atoms with Crippen LogP contribution in [0.5, 0.6) is 5.88 Å². The highest BCUT2D eigenvalue weighted by atomic mass is 16.3. The number of aromatic nitrogens is 2. The van der Waals surface area contributed by atoms with E-state index in [1.165, 1.54) is 0 Å². The molecule has 1 heterocycles. The Morgan fingerprint density at radius 1 is 1.00 bits per heavy atom. The van der Waals surface area contributed by atoms with Gasteiger partial charge in [0, 0.05) is 0 Å². The number of nitrogens with zero attached hydrogens (tertiary/aromatic N) is 1. The Morgan fingerprint density at radius 2 is 1.47 bits per heavy atom. The summed E-state index contributed by atoms with van der Waals surface area (Å²) in [5.74, 6) is -0.825. The third-order valence-corrected chi connectivity index (χ3v) is 0.990. The fraction of sp³-hybridized carbons (Fsp3) is 0. The van der Waals surface area contributed by atoms with Gasteiger partial charge in [-0.25, -0.2) is 4.79 Å². The van der Waals surface area contributed by atoms with E-state index in [4.69, 9.17) is 5.11 Å². The topological polar surface area (TPSA) is 241 Å². The molecule has 0 saturated heterocycles. The Bertz CT molecular complexity index is 394. The summed E-state index contributed by atoms with van der Waals surface area (Å²) in [6.45, 7) is 0. The molecule has 1 aromatic rings. The minimum Gasteiger partial charge on any atom is -0.493 e. The quantitative estimate of drug-likeness (QED) is 0.405. The van der Waals surface area contributed by atoms with Crippen molar-refractivity contribution < 1.29 is 27.0 Å². The standard InChI is InChI=1S/C4H3N3O4.4H2O/c8-2-1(7-11)3(9)6-4(10)5-2;;;;/h(H3,5,6,8,9,10);4*1H2. The summed E-state index contributed by atoms with van der Waals surface area (Å²) in [6, 6.07) is 0. The number of H-pyrrole nitrogens is 2. The molecule has 0 amide bonds. The highest BCUT2D eigenvalue weighted by molar-refractivity contribution is 5.42. The number of rotatable bonds is 1. The first-order valence-corrected chi connectivity index (χ1v) is 2.54. The molecule has 0 aromatic carbocycles. The van der Waals surface area contributed by atoms with Gasteiger partial charge in [-0.2, -0.15) is 0 Å². The van der Waals surface area contributed by atoms with Crippen molar-refractivity contribution in [3.05, 3.63) is 25.7 Å². The lowest BCUT2D eigenvalue weighted by molar-refractivity contribution is 0.450. The number of nitroso groups, excluding NO2 is 1. The molecule has 0 saturated carbocycles. The summed E-state index contributed by atoms with van der Waals surface area (Å²) >= 11 is 0. The van der Waals surface area contributed by atoms with Gasteiger partial charge in [0.05, 0.1) is 0 Å². The van der Waals surface area contributed by atoms with Crippen LogP contribution in [0.25, 0.3) is 0 Å². The molecule has 11 nitrogen and oxygen atoms in total. The van der Waals surface area contributed by atoms with Crippen molar-refractivity contribution in [3.63, 3.8) is 0 Å². The van der Waals surface area contributed by atoms with Crippen molar-refractivity contribution >= 4 is 5.69 Å². The first kappa shape index (κ1) is 23.1. The normalized spacial score (nSPS) is 6.93. The van der Waals surface area contributed by atoms with Crippen LogP contribution in [0.4, 0.5) is 5.69 Å². The van der Waals surface area contributed by atoms with E-state index in [1.54, 1.807) is 9.97 Å². The number of hydrogen-bond acceptors (Lipinski definition) is 5. The highest BCUT2D eigenvalue weighted by Crippen LogP contribution is 2.13. The average molecular weight is 229 g/mol. The number of nitrogens with one attached hydrogen (secondary N) is 2. The Balaban J connectivity index is -0.000000151. The van der Waals surface area contributed by atoms with Gasteiger partial charge >= 0.3 is 5.69 Å². The van der Waals surface area contributed by atoms with Crippen molar-refractivity contribution in [3.8, 4) is 5.88 Å². The van der Waals surface area contributed by atoms with E-state index in [2.05, 4.69) is 5.18 Å². The number of aromatic amines is 2. The molecule has 1 aromatic heterocycles. The molecule has 0 unspecified atom stereocenters. The maximum Gasteiger partial charge on any atom is 0.328 e. The summed E-state index contributed by atoms with van der Waals surface area (Å²) in [6.07, 6.45) is 0. The molecule has 90 valence electrons. The minimum atomic E-state index is -1.01. The van der Waals surface area contributed by atoms with Crippen molar-refractivity contribution in [1.82, 2.24) is 9.97 Å². The fourth-order valence-corrected chi connectivity index (χ4v) is 0.553. The molecule has 0 aliphatic carbocycles. The molecular weight excluding hydrogens is 218 g/mol. The molecule has 15 heavy (non-hydrogen) atoms. The van der Waals surface area contributed by atoms with Crippen molar-refractivity contribution in [2.45, 2.75) is 0 Å². The monoisotopic (exact) mass is 229 g/mol. The van der Waals surface area contributed by atoms with Gasteiger partial charge in [0.1, 0.15) is 0 Å². The Labute approximate surface area is 80.6 Å². The largest absolute Gasteiger partial charge is 0.493 e. The molecule has 1 rings (SSSR count). The van der Waals surface area contributed by atoms with E-state index < -0.39 is 22.8 Å². The van der Waals surface area contributed by atoms with E-state index >= 15 is 0 Å². The van der Waals surface area contributed by atoms with Crippen LogP contribution < -0.4 is 11.2 Å². The minimum absolute atomic E-state index is 0. The molecule has 11 N–H and O–H groups in total. The molecule has 0 atom stereocenters. The SMILES string of the molecule is O.O.O.O.O=Nc1c(O)[nH]c(=O)[nH]c1=O. The Morgan fingerprint density at radius 3 is 1.80 bits per heavy atom. The van der Waals surface area contributed by atoms with Crippen LogP contribution >= 0.6 is 0 Å². The van der Waals surface area contributed by atoms with Crippen molar-refractivity contribution in [2.75, 3.05) is 0 Å². The van der Waals surface area contributed by atoms with E-state index in [9.17, 15) is 14.5 Å². The van der Waals surface area contributed by atoms with Crippen molar-refractivity contribution in [1.29, 1.82) is 0 Å². The van der Waals surface area contributed by atoms with Gasteiger partial charge in [0.2, 0.25) is 11.6 Å². The van der Waals surface area contributed by atoms with Crippen LogP contribution in [0, 0.1) is 4.91 Å². The van der Waals surface area contributed by atoms with E-state index in [0.717, 1.165) is 0 Å². The van der Waals surface area contributed by atoms with Gasteiger partial charge in [0.25, 0.3) is 5.56 Å². The molecule has 0 fully saturated rings. The molecule has 0 bridgehead atoms. The first-order chi connectivity index (χ1) is 5.15. The lowest BCUT2D eigenvalue weighted by Gasteiger charge is -1.90. The molecular formula is C4H11N3O8. The summed E-state index contributed by atoms with van der Waals surface area (Å²) in [5, 5.41) is 10.9. The molecule has 11 heteroatoms.